The number of halogens is 1. The number of nitrogens with one attached hydrogen (secondary N) is 1. The lowest BCUT2D eigenvalue weighted by Crippen LogP contribution is -2.24. The van der Waals surface area contributed by atoms with Gasteiger partial charge in [-0.05, 0) is 17.2 Å². The minimum atomic E-state index is -0.488. The van der Waals surface area contributed by atoms with E-state index in [1.807, 2.05) is 30.3 Å². The van der Waals surface area contributed by atoms with Crippen molar-refractivity contribution >= 4 is 23.8 Å². The van der Waals surface area contributed by atoms with Crippen molar-refractivity contribution in [2.75, 3.05) is 13.7 Å². The molecule has 1 aromatic heterocycles. The molecule has 0 radical (unpaired) electrons. The highest BCUT2D eigenvalue weighted by molar-refractivity contribution is 6.28. The van der Waals surface area contributed by atoms with Crippen LogP contribution < -0.4 is 10.1 Å². The molecule has 1 heterocycles. The molecule has 0 saturated carbocycles. The molecule has 0 aliphatic carbocycles. The van der Waals surface area contributed by atoms with Crippen LogP contribution in [0.4, 0.5) is 4.79 Å². The number of nitrogens with zero attached hydrogens (tertiary/aromatic N) is 2. The van der Waals surface area contributed by atoms with E-state index < -0.39 is 6.09 Å². The van der Waals surface area contributed by atoms with Crippen LogP contribution in [0.2, 0.25) is 5.28 Å². The maximum atomic E-state index is 11.6. The van der Waals surface area contributed by atoms with Gasteiger partial charge in [-0.2, -0.15) is 4.98 Å². The van der Waals surface area contributed by atoms with Crippen LogP contribution in [0.5, 0.6) is 5.88 Å². The molecule has 1 amide bonds. The van der Waals surface area contributed by atoms with Crippen LogP contribution in [-0.2, 0) is 11.3 Å². The van der Waals surface area contributed by atoms with Gasteiger partial charge < -0.3 is 14.8 Å². The van der Waals surface area contributed by atoms with Crippen LogP contribution in [0.1, 0.15) is 11.1 Å². The molecule has 1 N–H and O–H groups in total. The van der Waals surface area contributed by atoms with Crippen LogP contribution in [-0.4, -0.2) is 29.7 Å². The first-order chi connectivity index (χ1) is 11.2. The van der Waals surface area contributed by atoms with Gasteiger partial charge in [0.05, 0.1) is 12.7 Å². The topological polar surface area (TPSA) is 73.3 Å². The van der Waals surface area contributed by atoms with Crippen molar-refractivity contribution in [3.63, 3.8) is 0 Å². The SMILES string of the molecule is COc1nc(Cl)ncc1C=CCNC(=O)OCc1ccccc1. The van der Waals surface area contributed by atoms with E-state index in [2.05, 4.69) is 15.3 Å². The molecule has 0 atom stereocenters. The Morgan fingerprint density at radius 2 is 2.13 bits per heavy atom. The van der Waals surface area contributed by atoms with Crippen LogP contribution in [0.15, 0.2) is 42.6 Å². The van der Waals surface area contributed by atoms with Gasteiger partial charge in [0.15, 0.2) is 0 Å². The molecule has 120 valence electrons. The van der Waals surface area contributed by atoms with Gasteiger partial charge in [0.25, 0.3) is 0 Å². The number of ether oxygens (including phenoxy) is 2. The minimum absolute atomic E-state index is 0.113. The molecule has 0 unspecified atom stereocenters. The molecular formula is C16H16ClN3O3. The number of carbonyl (C=O) groups excluding carboxylic acids is 1. The Labute approximate surface area is 139 Å². The standard InChI is InChI=1S/C16H16ClN3O3/c1-22-14-13(10-19-15(17)20-14)8-5-9-18-16(21)23-11-12-6-3-2-4-7-12/h2-8,10H,9,11H2,1H3,(H,18,21). The number of carbonyl (C=O) groups is 1. The fourth-order valence-electron chi connectivity index (χ4n) is 1.74. The molecular weight excluding hydrogens is 318 g/mol. The van der Waals surface area contributed by atoms with E-state index in [4.69, 9.17) is 21.1 Å². The van der Waals surface area contributed by atoms with Crippen molar-refractivity contribution in [2.45, 2.75) is 6.61 Å². The molecule has 0 bridgehead atoms. The maximum absolute atomic E-state index is 11.6. The van der Waals surface area contributed by atoms with E-state index in [0.29, 0.717) is 18.0 Å². The fourth-order valence-corrected chi connectivity index (χ4v) is 1.86. The lowest BCUT2D eigenvalue weighted by molar-refractivity contribution is 0.141. The van der Waals surface area contributed by atoms with E-state index in [-0.39, 0.29) is 11.9 Å². The predicted molar refractivity (Wildman–Crippen MR) is 87.3 cm³/mol. The summed E-state index contributed by atoms with van der Waals surface area (Å²) in [5.41, 5.74) is 1.59. The van der Waals surface area contributed by atoms with E-state index in [9.17, 15) is 4.79 Å². The summed E-state index contributed by atoms with van der Waals surface area (Å²) in [6.07, 6.45) is 4.52. The second-order valence-electron chi connectivity index (χ2n) is 4.45. The Bertz CT molecular complexity index is 678. The first-order valence-corrected chi connectivity index (χ1v) is 7.24. The Kier molecular flexibility index (Phi) is 6.38. The minimum Gasteiger partial charge on any atom is -0.480 e. The number of hydrogen-bond acceptors (Lipinski definition) is 5. The molecule has 0 aliphatic heterocycles. The highest BCUT2D eigenvalue weighted by atomic mass is 35.5. The summed E-state index contributed by atoms with van der Waals surface area (Å²) in [5.74, 6) is 0.368. The van der Waals surface area contributed by atoms with Crippen molar-refractivity contribution in [2.24, 2.45) is 0 Å². The average molecular weight is 334 g/mol. The third kappa shape index (κ3) is 5.60. The second kappa shape index (κ2) is 8.75. The third-order valence-electron chi connectivity index (χ3n) is 2.82. The van der Waals surface area contributed by atoms with E-state index in [1.165, 1.54) is 7.11 Å². The molecule has 0 fully saturated rings. The van der Waals surface area contributed by atoms with Crippen molar-refractivity contribution < 1.29 is 14.3 Å². The van der Waals surface area contributed by atoms with E-state index in [0.717, 1.165) is 5.56 Å². The highest BCUT2D eigenvalue weighted by Gasteiger charge is 2.04. The zero-order chi connectivity index (χ0) is 16.5. The molecule has 2 rings (SSSR count). The van der Waals surface area contributed by atoms with Crippen molar-refractivity contribution in [3.05, 3.63) is 59.0 Å². The molecule has 23 heavy (non-hydrogen) atoms. The van der Waals surface area contributed by atoms with Gasteiger partial charge in [0.1, 0.15) is 6.61 Å². The Balaban J connectivity index is 1.77. The summed E-state index contributed by atoms with van der Waals surface area (Å²) in [6.45, 7) is 0.536. The van der Waals surface area contributed by atoms with Gasteiger partial charge in [0, 0.05) is 12.7 Å². The number of methoxy groups -OCH3 is 1. The third-order valence-corrected chi connectivity index (χ3v) is 3.00. The summed E-state index contributed by atoms with van der Waals surface area (Å²) in [4.78, 5) is 19.4. The molecule has 0 spiro atoms. The van der Waals surface area contributed by atoms with Crippen LogP contribution >= 0.6 is 11.6 Å². The summed E-state index contributed by atoms with van der Waals surface area (Å²) in [7, 11) is 1.50. The van der Waals surface area contributed by atoms with Gasteiger partial charge in [-0.3, -0.25) is 0 Å². The second-order valence-corrected chi connectivity index (χ2v) is 4.79. The summed E-state index contributed by atoms with van der Waals surface area (Å²) >= 11 is 5.68. The fraction of sp³-hybridized carbons (Fsp3) is 0.188. The quantitative estimate of drug-likeness (QED) is 0.822. The zero-order valence-corrected chi connectivity index (χ0v) is 13.3. The van der Waals surface area contributed by atoms with Gasteiger partial charge in [-0.25, -0.2) is 9.78 Å². The lowest BCUT2D eigenvalue weighted by Gasteiger charge is -2.05. The van der Waals surface area contributed by atoms with E-state index in [1.54, 1.807) is 18.3 Å². The molecule has 0 saturated heterocycles. The van der Waals surface area contributed by atoms with Crippen molar-refractivity contribution in [1.29, 1.82) is 0 Å². The van der Waals surface area contributed by atoms with Crippen LogP contribution in [0, 0.1) is 0 Å². The monoisotopic (exact) mass is 333 g/mol. The zero-order valence-electron chi connectivity index (χ0n) is 12.5. The van der Waals surface area contributed by atoms with Gasteiger partial charge in [-0.15, -0.1) is 0 Å². The number of hydrogen-bond donors (Lipinski definition) is 1. The molecule has 7 heteroatoms. The predicted octanol–water partition coefficient (Wildman–Crippen LogP) is 3.08. The highest BCUT2D eigenvalue weighted by Crippen LogP contribution is 2.17. The van der Waals surface area contributed by atoms with Crippen LogP contribution in [0.25, 0.3) is 6.08 Å². The summed E-state index contributed by atoms with van der Waals surface area (Å²) < 4.78 is 10.2. The Morgan fingerprint density at radius 1 is 1.35 bits per heavy atom. The Hall–Kier alpha value is -2.60. The van der Waals surface area contributed by atoms with Crippen molar-refractivity contribution in [1.82, 2.24) is 15.3 Å². The number of aromatic nitrogens is 2. The largest absolute Gasteiger partial charge is 0.480 e. The van der Waals surface area contributed by atoms with Gasteiger partial charge >= 0.3 is 6.09 Å². The van der Waals surface area contributed by atoms with Crippen molar-refractivity contribution in [3.8, 4) is 5.88 Å². The number of amides is 1. The molecule has 6 nitrogen and oxygen atoms in total. The first kappa shape index (κ1) is 16.8. The molecule has 1 aromatic carbocycles. The Morgan fingerprint density at radius 3 is 2.87 bits per heavy atom. The lowest BCUT2D eigenvalue weighted by atomic mass is 10.2. The average Bonchev–Trinajstić information content (AvgIpc) is 2.58. The van der Waals surface area contributed by atoms with Gasteiger partial charge in [-0.1, -0.05) is 42.5 Å². The maximum Gasteiger partial charge on any atom is 0.407 e. The normalized spacial score (nSPS) is 10.5. The van der Waals surface area contributed by atoms with E-state index >= 15 is 0 Å². The molecule has 2 aromatic rings. The molecule has 0 aliphatic rings. The number of benzene rings is 1. The summed E-state index contributed by atoms with van der Waals surface area (Å²) in [5, 5.41) is 2.73. The smallest absolute Gasteiger partial charge is 0.407 e. The van der Waals surface area contributed by atoms with Crippen LogP contribution in [0.3, 0.4) is 0 Å². The number of rotatable bonds is 6. The summed E-state index contributed by atoms with van der Waals surface area (Å²) in [6, 6.07) is 9.46. The van der Waals surface area contributed by atoms with Gasteiger partial charge in [0.2, 0.25) is 11.2 Å². The first-order valence-electron chi connectivity index (χ1n) is 6.86. The number of alkyl carbamates (subject to hydrolysis) is 1.